The third-order valence-corrected chi connectivity index (χ3v) is 5.53. The number of amides is 1. The second-order valence-corrected chi connectivity index (χ2v) is 7.86. The normalized spacial score (nSPS) is 11.7. The average Bonchev–Trinajstić information content (AvgIpc) is 3.26. The first-order valence-corrected chi connectivity index (χ1v) is 10.6. The van der Waals surface area contributed by atoms with E-state index in [0.29, 0.717) is 11.3 Å². The Morgan fingerprint density at radius 2 is 1.86 bits per heavy atom. The van der Waals surface area contributed by atoms with E-state index >= 15 is 0 Å². The van der Waals surface area contributed by atoms with Crippen LogP contribution in [0, 0.1) is 0 Å². The van der Waals surface area contributed by atoms with Crippen molar-refractivity contribution >= 4 is 23.0 Å². The molecule has 150 valence electrons. The van der Waals surface area contributed by atoms with E-state index < -0.39 is 0 Å². The van der Waals surface area contributed by atoms with Crippen molar-refractivity contribution in [1.29, 1.82) is 0 Å². The maximum Gasteiger partial charge on any atom is 0.258 e. The van der Waals surface area contributed by atoms with Gasteiger partial charge in [-0.15, -0.1) is 11.3 Å². The summed E-state index contributed by atoms with van der Waals surface area (Å²) >= 11 is 1.61. The van der Waals surface area contributed by atoms with E-state index in [0.717, 1.165) is 23.3 Å². The van der Waals surface area contributed by atoms with Crippen LogP contribution in [0.15, 0.2) is 66.0 Å². The number of thiophene rings is 1. The topological polar surface area (TPSA) is 55.4 Å². The standard InChI is InChI=1S/C24H25NO3S/c1-3-6-18-10-12-19(13-11-18)24(22-9-5-14-29-22)25-23(27)16-28-21-8-4-7-20(15-21)17(2)26/h4-5,7-15,24H,3,6,16H2,1-2H3,(H,25,27). The molecule has 0 saturated carbocycles. The summed E-state index contributed by atoms with van der Waals surface area (Å²) in [5.74, 6) is 0.253. The number of aryl methyl sites for hydroxylation is 1. The Hall–Kier alpha value is -2.92. The molecule has 4 nitrogen and oxygen atoms in total. The Kier molecular flexibility index (Phi) is 7.19. The largest absolute Gasteiger partial charge is 0.484 e. The number of ketones is 1. The van der Waals surface area contributed by atoms with Gasteiger partial charge in [-0.05, 0) is 48.1 Å². The summed E-state index contributed by atoms with van der Waals surface area (Å²) < 4.78 is 5.60. The van der Waals surface area contributed by atoms with Crippen LogP contribution in [-0.4, -0.2) is 18.3 Å². The van der Waals surface area contributed by atoms with Gasteiger partial charge in [0.25, 0.3) is 5.91 Å². The van der Waals surface area contributed by atoms with Gasteiger partial charge < -0.3 is 10.1 Å². The van der Waals surface area contributed by atoms with E-state index in [1.165, 1.54) is 12.5 Å². The molecule has 29 heavy (non-hydrogen) atoms. The summed E-state index contributed by atoms with van der Waals surface area (Å²) in [6, 6.07) is 19.0. The molecule has 1 heterocycles. The quantitative estimate of drug-likeness (QED) is 0.497. The van der Waals surface area contributed by atoms with E-state index in [1.807, 2.05) is 17.5 Å². The number of nitrogens with one attached hydrogen (secondary N) is 1. The Labute approximate surface area is 175 Å². The van der Waals surface area contributed by atoms with Crippen LogP contribution >= 0.6 is 11.3 Å². The Bertz CT molecular complexity index is 949. The second-order valence-electron chi connectivity index (χ2n) is 6.88. The molecule has 1 amide bonds. The van der Waals surface area contributed by atoms with Crippen LogP contribution in [0.5, 0.6) is 5.75 Å². The Morgan fingerprint density at radius 3 is 2.52 bits per heavy atom. The maximum atomic E-state index is 12.6. The number of benzene rings is 2. The fourth-order valence-corrected chi connectivity index (χ4v) is 3.90. The van der Waals surface area contributed by atoms with Crippen molar-refractivity contribution in [2.75, 3.05) is 6.61 Å². The number of carbonyl (C=O) groups is 2. The highest BCUT2D eigenvalue weighted by molar-refractivity contribution is 7.10. The predicted octanol–water partition coefficient (Wildman–Crippen LogP) is 5.19. The molecular formula is C24H25NO3S. The monoisotopic (exact) mass is 407 g/mol. The molecule has 3 aromatic rings. The molecule has 0 bridgehead atoms. The first-order chi connectivity index (χ1) is 14.1. The van der Waals surface area contributed by atoms with Gasteiger partial charge in [0.15, 0.2) is 12.4 Å². The van der Waals surface area contributed by atoms with Crippen LogP contribution in [0.4, 0.5) is 0 Å². The van der Waals surface area contributed by atoms with Crippen LogP contribution in [0.2, 0.25) is 0 Å². The molecular weight excluding hydrogens is 382 g/mol. The minimum absolute atomic E-state index is 0.0378. The van der Waals surface area contributed by atoms with Crippen LogP contribution in [0.25, 0.3) is 0 Å². The molecule has 5 heteroatoms. The summed E-state index contributed by atoms with van der Waals surface area (Å²) in [6.07, 6.45) is 2.15. The predicted molar refractivity (Wildman–Crippen MR) is 117 cm³/mol. The minimum Gasteiger partial charge on any atom is -0.484 e. The zero-order chi connectivity index (χ0) is 20.6. The van der Waals surface area contributed by atoms with Gasteiger partial charge in [0.2, 0.25) is 0 Å². The fraction of sp³-hybridized carbons (Fsp3) is 0.250. The van der Waals surface area contributed by atoms with Crippen LogP contribution in [-0.2, 0) is 11.2 Å². The summed E-state index contributed by atoms with van der Waals surface area (Å²) in [7, 11) is 0. The smallest absolute Gasteiger partial charge is 0.258 e. The number of hydrogen-bond acceptors (Lipinski definition) is 4. The minimum atomic E-state index is -0.217. The van der Waals surface area contributed by atoms with Crippen LogP contribution in [0.3, 0.4) is 0 Å². The molecule has 0 radical (unpaired) electrons. The van der Waals surface area contributed by atoms with Crippen molar-refractivity contribution in [3.8, 4) is 5.75 Å². The molecule has 0 saturated heterocycles. The van der Waals surface area contributed by atoms with Crippen LogP contribution in [0.1, 0.15) is 52.7 Å². The van der Waals surface area contributed by atoms with Gasteiger partial charge in [-0.2, -0.15) is 0 Å². The highest BCUT2D eigenvalue weighted by Crippen LogP contribution is 2.26. The van der Waals surface area contributed by atoms with E-state index in [2.05, 4.69) is 36.5 Å². The van der Waals surface area contributed by atoms with E-state index in [1.54, 1.807) is 35.6 Å². The third-order valence-electron chi connectivity index (χ3n) is 4.60. The average molecular weight is 408 g/mol. The van der Waals surface area contributed by atoms with Gasteiger partial charge in [0.05, 0.1) is 6.04 Å². The van der Waals surface area contributed by atoms with Crippen molar-refractivity contribution in [3.05, 3.63) is 87.6 Å². The summed E-state index contributed by atoms with van der Waals surface area (Å²) in [4.78, 5) is 25.2. The number of rotatable bonds is 9. The van der Waals surface area contributed by atoms with Crippen molar-refractivity contribution in [1.82, 2.24) is 5.32 Å². The lowest BCUT2D eigenvalue weighted by molar-refractivity contribution is -0.123. The summed E-state index contributed by atoms with van der Waals surface area (Å²) in [6.45, 7) is 3.55. The van der Waals surface area contributed by atoms with Crippen molar-refractivity contribution in [2.45, 2.75) is 32.7 Å². The number of Topliss-reactive ketones (excluding diaryl/α,β-unsaturated/α-hetero) is 1. The molecule has 0 aliphatic carbocycles. The van der Waals surface area contributed by atoms with E-state index in [9.17, 15) is 9.59 Å². The van der Waals surface area contributed by atoms with Gasteiger partial charge in [-0.25, -0.2) is 0 Å². The summed E-state index contributed by atoms with van der Waals surface area (Å²) in [5.41, 5.74) is 2.90. The lowest BCUT2D eigenvalue weighted by Crippen LogP contribution is -2.32. The number of hydrogen-bond donors (Lipinski definition) is 1. The number of carbonyl (C=O) groups excluding carboxylic acids is 2. The fourth-order valence-electron chi connectivity index (χ4n) is 3.10. The van der Waals surface area contributed by atoms with E-state index in [-0.39, 0.29) is 24.3 Å². The molecule has 2 aromatic carbocycles. The molecule has 0 spiro atoms. The van der Waals surface area contributed by atoms with Gasteiger partial charge in [-0.3, -0.25) is 9.59 Å². The Balaban J connectivity index is 1.68. The molecule has 0 aliphatic rings. The second kappa shape index (κ2) is 10.0. The summed E-state index contributed by atoms with van der Waals surface area (Å²) in [5, 5.41) is 5.08. The van der Waals surface area contributed by atoms with Crippen molar-refractivity contribution in [3.63, 3.8) is 0 Å². The highest BCUT2D eigenvalue weighted by Gasteiger charge is 2.18. The molecule has 0 aliphatic heterocycles. The van der Waals surface area contributed by atoms with Crippen LogP contribution < -0.4 is 10.1 Å². The first kappa shape index (κ1) is 20.8. The molecule has 0 fully saturated rings. The maximum absolute atomic E-state index is 12.6. The first-order valence-electron chi connectivity index (χ1n) is 9.72. The van der Waals surface area contributed by atoms with Gasteiger partial charge in [0.1, 0.15) is 5.75 Å². The van der Waals surface area contributed by atoms with E-state index in [4.69, 9.17) is 4.74 Å². The lowest BCUT2D eigenvalue weighted by Gasteiger charge is -2.19. The molecule has 1 atom stereocenters. The highest BCUT2D eigenvalue weighted by atomic mass is 32.1. The zero-order valence-electron chi connectivity index (χ0n) is 16.7. The SMILES string of the molecule is CCCc1ccc(C(NC(=O)COc2cccc(C(C)=O)c2)c2cccs2)cc1. The Morgan fingerprint density at radius 1 is 1.07 bits per heavy atom. The lowest BCUT2D eigenvalue weighted by atomic mass is 10.0. The number of ether oxygens (including phenoxy) is 1. The van der Waals surface area contributed by atoms with Gasteiger partial charge in [-0.1, -0.05) is 55.8 Å². The zero-order valence-corrected chi connectivity index (χ0v) is 17.5. The molecule has 1 unspecified atom stereocenters. The van der Waals surface area contributed by atoms with Crippen molar-refractivity contribution in [2.24, 2.45) is 0 Å². The van der Waals surface area contributed by atoms with Gasteiger partial charge in [0, 0.05) is 10.4 Å². The third kappa shape index (κ3) is 5.78. The molecule has 3 rings (SSSR count). The van der Waals surface area contributed by atoms with Gasteiger partial charge >= 0.3 is 0 Å². The molecule has 1 N–H and O–H groups in total. The van der Waals surface area contributed by atoms with Crippen molar-refractivity contribution < 1.29 is 14.3 Å². The molecule has 1 aromatic heterocycles.